The Balaban J connectivity index is 1.47. The second kappa shape index (κ2) is 12.2. The minimum atomic E-state index is -0.928. The van der Waals surface area contributed by atoms with Crippen LogP contribution >= 0.6 is 0 Å². The number of hydrogen-bond acceptors (Lipinski definition) is 5. The number of nitrogens with one attached hydrogen (secondary N) is 2. The summed E-state index contributed by atoms with van der Waals surface area (Å²) < 4.78 is 10.8. The molecule has 0 heterocycles. The van der Waals surface area contributed by atoms with Crippen LogP contribution in [0.15, 0.2) is 48.5 Å². The van der Waals surface area contributed by atoms with Crippen molar-refractivity contribution in [2.75, 3.05) is 26.4 Å². The molecule has 0 radical (unpaired) electrons. The largest absolute Gasteiger partial charge is 0.481 e. The Morgan fingerprint density at radius 3 is 2.18 bits per heavy atom. The first-order chi connectivity index (χ1) is 16.4. The fourth-order valence-corrected chi connectivity index (χ4v) is 4.04. The lowest BCUT2D eigenvalue weighted by Gasteiger charge is -2.22. The first kappa shape index (κ1) is 25.2. The van der Waals surface area contributed by atoms with Crippen LogP contribution in [0.25, 0.3) is 11.1 Å². The number of ether oxygens (including phenoxy) is 2. The summed E-state index contributed by atoms with van der Waals surface area (Å²) in [4.78, 5) is 35.3. The summed E-state index contributed by atoms with van der Waals surface area (Å²) in [6, 6.07) is 15.9. The number of alkyl carbamates (subject to hydrolysis) is 1. The summed E-state index contributed by atoms with van der Waals surface area (Å²) >= 11 is 0. The predicted octanol–water partition coefficient (Wildman–Crippen LogP) is 3.55. The number of amides is 2. The van der Waals surface area contributed by atoms with Crippen molar-refractivity contribution in [2.45, 2.75) is 38.6 Å². The van der Waals surface area contributed by atoms with Crippen molar-refractivity contribution in [1.29, 1.82) is 0 Å². The molecule has 0 bridgehead atoms. The van der Waals surface area contributed by atoms with Crippen molar-refractivity contribution in [1.82, 2.24) is 10.6 Å². The van der Waals surface area contributed by atoms with Crippen LogP contribution in [0.1, 0.15) is 43.7 Å². The molecule has 3 rings (SSSR count). The standard InChI is InChI=1S/C26H32N2O6/c1-17(2)23(15-24(29)27-12-14-33-13-11-25(30)31)28-26(32)34-16-22-20-9-5-3-7-18(20)19-8-4-6-10-21(19)22/h3-10,17,22-23H,11-16H2,1-2H3,(H,27,29)(H,28,32)(H,30,31). The Morgan fingerprint density at radius 1 is 0.971 bits per heavy atom. The Kier molecular flexibility index (Phi) is 9.04. The minimum Gasteiger partial charge on any atom is -0.481 e. The van der Waals surface area contributed by atoms with Crippen LogP contribution in [0.3, 0.4) is 0 Å². The predicted molar refractivity (Wildman–Crippen MR) is 128 cm³/mol. The van der Waals surface area contributed by atoms with E-state index < -0.39 is 12.1 Å². The van der Waals surface area contributed by atoms with Crippen LogP contribution in [0.2, 0.25) is 0 Å². The fourth-order valence-electron chi connectivity index (χ4n) is 4.04. The van der Waals surface area contributed by atoms with Gasteiger partial charge in [0.1, 0.15) is 6.61 Å². The molecule has 1 unspecified atom stereocenters. The summed E-state index contributed by atoms with van der Waals surface area (Å²) in [7, 11) is 0. The molecule has 34 heavy (non-hydrogen) atoms. The van der Waals surface area contributed by atoms with E-state index in [1.165, 1.54) is 0 Å². The summed E-state index contributed by atoms with van der Waals surface area (Å²) in [5, 5.41) is 14.1. The average Bonchev–Trinajstić information content (AvgIpc) is 3.13. The number of rotatable bonds is 12. The molecule has 1 atom stereocenters. The first-order valence-corrected chi connectivity index (χ1v) is 11.5. The summed E-state index contributed by atoms with van der Waals surface area (Å²) in [5.41, 5.74) is 4.61. The van der Waals surface area contributed by atoms with Gasteiger partial charge >= 0.3 is 12.1 Å². The highest BCUT2D eigenvalue weighted by molar-refractivity contribution is 5.79. The topological polar surface area (TPSA) is 114 Å². The Labute approximate surface area is 199 Å². The molecule has 3 N–H and O–H groups in total. The lowest BCUT2D eigenvalue weighted by molar-refractivity contribution is -0.138. The van der Waals surface area contributed by atoms with Crippen LogP contribution in [-0.4, -0.2) is 55.5 Å². The van der Waals surface area contributed by atoms with Gasteiger partial charge in [-0.25, -0.2) is 4.79 Å². The number of carboxylic acids is 1. The maximum Gasteiger partial charge on any atom is 0.407 e. The third-order valence-electron chi connectivity index (χ3n) is 5.89. The van der Waals surface area contributed by atoms with E-state index in [4.69, 9.17) is 14.6 Å². The number of carboxylic acid groups (broad SMARTS) is 1. The molecule has 1 aliphatic rings. The lowest BCUT2D eigenvalue weighted by Crippen LogP contribution is -2.43. The van der Waals surface area contributed by atoms with Gasteiger partial charge < -0.3 is 25.2 Å². The molecular weight excluding hydrogens is 436 g/mol. The van der Waals surface area contributed by atoms with Gasteiger partial charge in [0.2, 0.25) is 5.91 Å². The highest BCUT2D eigenvalue weighted by Gasteiger charge is 2.29. The van der Waals surface area contributed by atoms with Crippen LogP contribution in [-0.2, 0) is 19.1 Å². The molecule has 2 aromatic carbocycles. The van der Waals surface area contributed by atoms with Crippen LogP contribution in [0.4, 0.5) is 4.79 Å². The number of carbonyl (C=O) groups excluding carboxylic acids is 2. The molecule has 0 saturated carbocycles. The quantitative estimate of drug-likeness (QED) is 0.411. The molecule has 8 nitrogen and oxygen atoms in total. The van der Waals surface area contributed by atoms with E-state index >= 15 is 0 Å². The van der Waals surface area contributed by atoms with Gasteiger partial charge in [0, 0.05) is 24.9 Å². The smallest absolute Gasteiger partial charge is 0.407 e. The van der Waals surface area contributed by atoms with Gasteiger partial charge in [-0.2, -0.15) is 0 Å². The monoisotopic (exact) mass is 468 g/mol. The third-order valence-corrected chi connectivity index (χ3v) is 5.89. The molecule has 2 amide bonds. The van der Waals surface area contributed by atoms with Gasteiger partial charge in [-0.05, 0) is 28.2 Å². The van der Waals surface area contributed by atoms with Crippen molar-refractivity contribution >= 4 is 18.0 Å². The first-order valence-electron chi connectivity index (χ1n) is 11.5. The SMILES string of the molecule is CC(C)C(CC(=O)NCCOCCC(=O)O)NC(=O)OCC1c2ccccc2-c2ccccc21. The number of carbonyl (C=O) groups is 3. The molecule has 0 spiro atoms. The van der Waals surface area contributed by atoms with E-state index in [1.807, 2.05) is 38.1 Å². The second-order valence-electron chi connectivity index (χ2n) is 8.63. The van der Waals surface area contributed by atoms with Gasteiger partial charge in [-0.15, -0.1) is 0 Å². The number of benzene rings is 2. The van der Waals surface area contributed by atoms with Crippen molar-refractivity contribution in [3.8, 4) is 11.1 Å². The van der Waals surface area contributed by atoms with Crippen LogP contribution < -0.4 is 10.6 Å². The Hall–Kier alpha value is -3.39. The van der Waals surface area contributed by atoms with Gasteiger partial charge in [-0.3, -0.25) is 9.59 Å². The van der Waals surface area contributed by atoms with E-state index in [1.54, 1.807) is 0 Å². The zero-order valence-corrected chi connectivity index (χ0v) is 19.6. The normalized spacial score (nSPS) is 13.1. The molecule has 0 aliphatic heterocycles. The summed E-state index contributed by atoms with van der Waals surface area (Å²) in [6.07, 6.45) is -0.518. The molecular formula is C26H32N2O6. The molecule has 8 heteroatoms. The average molecular weight is 469 g/mol. The maximum absolute atomic E-state index is 12.6. The van der Waals surface area contributed by atoms with Gasteiger partial charge in [-0.1, -0.05) is 62.4 Å². The summed E-state index contributed by atoms with van der Waals surface area (Å²) in [6.45, 7) is 4.67. The molecule has 0 fully saturated rings. The zero-order chi connectivity index (χ0) is 24.5. The van der Waals surface area contributed by atoms with Crippen LogP contribution in [0, 0.1) is 5.92 Å². The molecule has 0 saturated heterocycles. The van der Waals surface area contributed by atoms with Gasteiger partial charge in [0.15, 0.2) is 0 Å². The third kappa shape index (κ3) is 6.81. The van der Waals surface area contributed by atoms with Crippen molar-refractivity contribution in [3.05, 3.63) is 59.7 Å². The van der Waals surface area contributed by atoms with E-state index in [2.05, 4.69) is 34.9 Å². The summed E-state index contributed by atoms with van der Waals surface area (Å²) in [5.74, 6) is -1.15. The highest BCUT2D eigenvalue weighted by Crippen LogP contribution is 2.44. The fraction of sp³-hybridized carbons (Fsp3) is 0.423. The van der Waals surface area contributed by atoms with Gasteiger partial charge in [0.25, 0.3) is 0 Å². The molecule has 182 valence electrons. The Bertz CT molecular complexity index is 961. The van der Waals surface area contributed by atoms with Crippen molar-refractivity contribution < 1.29 is 29.0 Å². The minimum absolute atomic E-state index is 0.0260. The maximum atomic E-state index is 12.6. The number of hydrogen-bond donors (Lipinski definition) is 3. The van der Waals surface area contributed by atoms with E-state index in [0.717, 1.165) is 22.3 Å². The molecule has 2 aromatic rings. The molecule has 0 aromatic heterocycles. The zero-order valence-electron chi connectivity index (χ0n) is 19.6. The van der Waals surface area contributed by atoms with Crippen molar-refractivity contribution in [3.63, 3.8) is 0 Å². The molecule has 1 aliphatic carbocycles. The van der Waals surface area contributed by atoms with E-state index in [9.17, 15) is 14.4 Å². The number of fused-ring (bicyclic) bond motifs is 3. The van der Waals surface area contributed by atoms with E-state index in [-0.39, 0.29) is 63.0 Å². The van der Waals surface area contributed by atoms with E-state index in [0.29, 0.717) is 0 Å². The van der Waals surface area contributed by atoms with Crippen molar-refractivity contribution in [2.24, 2.45) is 5.92 Å². The highest BCUT2D eigenvalue weighted by atomic mass is 16.5. The second-order valence-corrected chi connectivity index (χ2v) is 8.63. The lowest BCUT2D eigenvalue weighted by atomic mass is 9.98. The van der Waals surface area contributed by atoms with Crippen LogP contribution in [0.5, 0.6) is 0 Å². The Morgan fingerprint density at radius 2 is 1.59 bits per heavy atom. The van der Waals surface area contributed by atoms with Gasteiger partial charge in [0.05, 0.1) is 19.6 Å². The number of aliphatic carboxylic acids is 1.